The monoisotopic (exact) mass is 226 g/mol. The standard InChI is InChI=1S/C14H30N2/c1-13(2)11-14(7-5-6-8-14)12-16(4)10-9-15-3/h13,15H,5-12H2,1-4H3. The van der Waals surface area contributed by atoms with Crippen LogP contribution in [-0.2, 0) is 0 Å². The lowest BCUT2D eigenvalue weighted by Gasteiger charge is -2.35. The van der Waals surface area contributed by atoms with Crippen molar-refractivity contribution in [2.45, 2.75) is 46.0 Å². The van der Waals surface area contributed by atoms with E-state index in [1.807, 2.05) is 7.05 Å². The summed E-state index contributed by atoms with van der Waals surface area (Å²) in [4.78, 5) is 2.52. The zero-order chi connectivity index (χ0) is 12.0. The molecule has 0 amide bonds. The van der Waals surface area contributed by atoms with Gasteiger partial charge in [0.2, 0.25) is 0 Å². The Kier molecular flexibility index (Phi) is 5.77. The van der Waals surface area contributed by atoms with Crippen molar-refractivity contribution in [3.8, 4) is 0 Å². The van der Waals surface area contributed by atoms with Crippen LogP contribution in [0.25, 0.3) is 0 Å². The fraction of sp³-hybridized carbons (Fsp3) is 1.00. The Bertz CT molecular complexity index is 183. The molecule has 0 bridgehead atoms. The summed E-state index contributed by atoms with van der Waals surface area (Å²) in [6, 6.07) is 0. The van der Waals surface area contributed by atoms with Crippen LogP contribution in [0.2, 0.25) is 0 Å². The summed E-state index contributed by atoms with van der Waals surface area (Å²) in [6.45, 7) is 8.32. The van der Waals surface area contributed by atoms with E-state index in [0.29, 0.717) is 5.41 Å². The first-order valence-electron chi connectivity index (χ1n) is 6.91. The van der Waals surface area contributed by atoms with E-state index in [0.717, 1.165) is 12.5 Å². The van der Waals surface area contributed by atoms with Gasteiger partial charge in [-0.1, -0.05) is 26.7 Å². The van der Waals surface area contributed by atoms with Gasteiger partial charge in [-0.05, 0) is 44.7 Å². The minimum Gasteiger partial charge on any atom is -0.318 e. The van der Waals surface area contributed by atoms with Crippen LogP contribution in [0.3, 0.4) is 0 Å². The summed E-state index contributed by atoms with van der Waals surface area (Å²) in [5, 5.41) is 3.24. The van der Waals surface area contributed by atoms with Gasteiger partial charge in [-0.25, -0.2) is 0 Å². The molecule has 1 aliphatic rings. The average Bonchev–Trinajstić information content (AvgIpc) is 2.62. The third-order valence-corrected chi connectivity index (χ3v) is 3.85. The van der Waals surface area contributed by atoms with Crippen molar-refractivity contribution in [3.63, 3.8) is 0 Å². The molecule has 1 saturated carbocycles. The van der Waals surface area contributed by atoms with Crippen LogP contribution >= 0.6 is 0 Å². The lowest BCUT2D eigenvalue weighted by Crippen LogP contribution is -2.37. The largest absolute Gasteiger partial charge is 0.318 e. The molecule has 2 nitrogen and oxygen atoms in total. The molecule has 1 N–H and O–H groups in total. The third-order valence-electron chi connectivity index (χ3n) is 3.85. The Hall–Kier alpha value is -0.0800. The van der Waals surface area contributed by atoms with E-state index in [9.17, 15) is 0 Å². The molecule has 16 heavy (non-hydrogen) atoms. The second kappa shape index (κ2) is 6.61. The van der Waals surface area contributed by atoms with Crippen LogP contribution in [0.1, 0.15) is 46.0 Å². The first kappa shape index (κ1) is 14.0. The molecular weight excluding hydrogens is 196 g/mol. The minimum absolute atomic E-state index is 0.636. The van der Waals surface area contributed by atoms with Gasteiger partial charge in [0.1, 0.15) is 0 Å². The van der Waals surface area contributed by atoms with Gasteiger partial charge in [0.25, 0.3) is 0 Å². The lowest BCUT2D eigenvalue weighted by molar-refractivity contribution is 0.149. The summed E-state index contributed by atoms with van der Waals surface area (Å²) < 4.78 is 0. The van der Waals surface area contributed by atoms with Crippen molar-refractivity contribution < 1.29 is 0 Å². The topological polar surface area (TPSA) is 15.3 Å². The van der Waals surface area contributed by atoms with Gasteiger partial charge in [-0.15, -0.1) is 0 Å². The van der Waals surface area contributed by atoms with Crippen molar-refractivity contribution in [2.24, 2.45) is 11.3 Å². The van der Waals surface area contributed by atoms with Crippen LogP contribution in [0, 0.1) is 11.3 Å². The molecule has 0 aromatic rings. The molecule has 0 aliphatic heterocycles. The smallest absolute Gasteiger partial charge is 0.0104 e. The fourth-order valence-corrected chi connectivity index (χ4v) is 3.37. The fourth-order valence-electron chi connectivity index (χ4n) is 3.37. The van der Waals surface area contributed by atoms with E-state index in [-0.39, 0.29) is 0 Å². The Morgan fingerprint density at radius 1 is 1.25 bits per heavy atom. The maximum Gasteiger partial charge on any atom is 0.0104 e. The first-order valence-corrected chi connectivity index (χ1v) is 6.91. The Morgan fingerprint density at radius 2 is 1.88 bits per heavy atom. The van der Waals surface area contributed by atoms with Gasteiger partial charge < -0.3 is 10.2 Å². The zero-order valence-electron chi connectivity index (χ0n) is 11.7. The van der Waals surface area contributed by atoms with Gasteiger partial charge in [-0.2, -0.15) is 0 Å². The predicted molar refractivity (Wildman–Crippen MR) is 71.8 cm³/mol. The van der Waals surface area contributed by atoms with Crippen molar-refractivity contribution in [3.05, 3.63) is 0 Å². The van der Waals surface area contributed by atoms with Gasteiger partial charge in [-0.3, -0.25) is 0 Å². The first-order chi connectivity index (χ1) is 7.58. The van der Waals surface area contributed by atoms with E-state index < -0.39 is 0 Å². The molecule has 0 aromatic carbocycles. The Labute approximate surface area is 102 Å². The Morgan fingerprint density at radius 3 is 2.38 bits per heavy atom. The van der Waals surface area contributed by atoms with Crippen LogP contribution in [0.5, 0.6) is 0 Å². The summed E-state index contributed by atoms with van der Waals surface area (Å²) in [6.07, 6.45) is 7.22. The summed E-state index contributed by atoms with van der Waals surface area (Å²) in [5.41, 5.74) is 0.636. The van der Waals surface area contributed by atoms with Crippen LogP contribution in [0.15, 0.2) is 0 Å². The van der Waals surface area contributed by atoms with Gasteiger partial charge in [0, 0.05) is 19.6 Å². The zero-order valence-corrected chi connectivity index (χ0v) is 11.7. The number of nitrogens with zero attached hydrogens (tertiary/aromatic N) is 1. The van der Waals surface area contributed by atoms with Crippen molar-refractivity contribution >= 4 is 0 Å². The maximum atomic E-state index is 3.24. The van der Waals surface area contributed by atoms with Gasteiger partial charge in [0.05, 0.1) is 0 Å². The molecule has 0 aromatic heterocycles. The van der Waals surface area contributed by atoms with E-state index in [1.165, 1.54) is 45.2 Å². The molecule has 0 heterocycles. The van der Waals surface area contributed by atoms with Crippen LogP contribution < -0.4 is 5.32 Å². The molecule has 1 rings (SSSR count). The quantitative estimate of drug-likeness (QED) is 0.718. The number of likely N-dealkylation sites (N-methyl/N-ethyl adjacent to an activating group) is 2. The number of hydrogen-bond acceptors (Lipinski definition) is 2. The van der Waals surface area contributed by atoms with E-state index in [1.54, 1.807) is 0 Å². The molecule has 1 aliphatic carbocycles. The van der Waals surface area contributed by atoms with E-state index in [2.05, 4.69) is 31.1 Å². The molecule has 0 radical (unpaired) electrons. The third kappa shape index (κ3) is 4.42. The number of hydrogen-bond donors (Lipinski definition) is 1. The van der Waals surface area contributed by atoms with Crippen LogP contribution in [-0.4, -0.2) is 38.6 Å². The Balaban J connectivity index is 2.43. The van der Waals surface area contributed by atoms with Crippen LogP contribution in [0.4, 0.5) is 0 Å². The predicted octanol–water partition coefficient (Wildman–Crippen LogP) is 2.74. The normalized spacial score (nSPS) is 19.9. The average molecular weight is 226 g/mol. The molecule has 0 spiro atoms. The number of rotatable bonds is 7. The SMILES string of the molecule is CNCCN(C)CC1(CC(C)C)CCCC1. The summed E-state index contributed by atoms with van der Waals surface area (Å²) >= 11 is 0. The highest BCUT2D eigenvalue weighted by Gasteiger charge is 2.34. The highest BCUT2D eigenvalue weighted by Crippen LogP contribution is 2.43. The summed E-state index contributed by atoms with van der Waals surface area (Å²) in [5.74, 6) is 0.843. The highest BCUT2D eigenvalue weighted by molar-refractivity contribution is 4.87. The second-order valence-electron chi connectivity index (χ2n) is 6.15. The maximum absolute atomic E-state index is 3.24. The van der Waals surface area contributed by atoms with Crippen molar-refractivity contribution in [1.82, 2.24) is 10.2 Å². The molecule has 1 fully saturated rings. The lowest BCUT2D eigenvalue weighted by atomic mass is 9.78. The van der Waals surface area contributed by atoms with Crippen molar-refractivity contribution in [2.75, 3.05) is 33.7 Å². The van der Waals surface area contributed by atoms with Gasteiger partial charge >= 0.3 is 0 Å². The molecule has 96 valence electrons. The molecule has 0 atom stereocenters. The van der Waals surface area contributed by atoms with Crippen molar-refractivity contribution in [1.29, 1.82) is 0 Å². The van der Waals surface area contributed by atoms with E-state index >= 15 is 0 Å². The molecular formula is C14H30N2. The molecule has 2 heteroatoms. The number of nitrogens with one attached hydrogen (secondary N) is 1. The highest BCUT2D eigenvalue weighted by atomic mass is 15.1. The molecule has 0 saturated heterocycles. The van der Waals surface area contributed by atoms with E-state index in [4.69, 9.17) is 0 Å². The summed E-state index contributed by atoms with van der Waals surface area (Å²) in [7, 11) is 4.31. The molecule has 0 unspecified atom stereocenters. The second-order valence-corrected chi connectivity index (χ2v) is 6.15. The van der Waals surface area contributed by atoms with Gasteiger partial charge in [0.15, 0.2) is 0 Å². The minimum atomic E-state index is 0.636.